The molecule has 2 rings (SSSR count). The molecule has 2 N–H and O–H groups in total. The number of halogens is 2. The molecule has 104 valence electrons. The van der Waals surface area contributed by atoms with Crippen LogP contribution in [0.2, 0.25) is 0 Å². The van der Waals surface area contributed by atoms with Crippen LogP contribution >= 0.6 is 0 Å². The summed E-state index contributed by atoms with van der Waals surface area (Å²) in [7, 11) is -0.859. The summed E-state index contributed by atoms with van der Waals surface area (Å²) in [5, 5.41) is 0. The van der Waals surface area contributed by atoms with E-state index in [-0.39, 0.29) is 16.8 Å². The molecule has 0 spiro atoms. The van der Waals surface area contributed by atoms with E-state index in [4.69, 9.17) is 15.0 Å². The van der Waals surface area contributed by atoms with Gasteiger partial charge in [-0.2, -0.15) is 0 Å². The van der Waals surface area contributed by atoms with E-state index in [0.29, 0.717) is 0 Å². The van der Waals surface area contributed by atoms with Gasteiger partial charge in [0.15, 0.2) is 0 Å². The van der Waals surface area contributed by atoms with Gasteiger partial charge >= 0.3 is 7.12 Å². The van der Waals surface area contributed by atoms with Crippen LogP contribution in [-0.2, 0) is 9.31 Å². The van der Waals surface area contributed by atoms with E-state index >= 15 is 0 Å². The second-order valence-electron chi connectivity index (χ2n) is 5.63. The Morgan fingerprint density at radius 3 is 2.21 bits per heavy atom. The zero-order chi connectivity index (χ0) is 14.4. The van der Waals surface area contributed by atoms with E-state index in [0.717, 1.165) is 6.07 Å². The molecule has 19 heavy (non-hydrogen) atoms. The Morgan fingerprint density at radius 2 is 1.74 bits per heavy atom. The molecule has 1 aromatic rings. The molecule has 0 atom stereocenters. The van der Waals surface area contributed by atoms with Crippen molar-refractivity contribution in [3.63, 3.8) is 0 Å². The lowest BCUT2D eigenvalue weighted by molar-refractivity contribution is 0.00578. The fraction of sp³-hybridized carbons (Fsp3) is 0.583. The molecule has 1 aliphatic rings. The Hall–Kier alpha value is -1.21. The summed E-state index contributed by atoms with van der Waals surface area (Å²) in [6.07, 6.45) is -1.36. The van der Waals surface area contributed by atoms with Gasteiger partial charge in [-0.25, -0.2) is 13.8 Å². The van der Waals surface area contributed by atoms with Crippen LogP contribution in [0.15, 0.2) is 12.3 Å². The molecular weight excluding hydrogens is 253 g/mol. The van der Waals surface area contributed by atoms with E-state index in [2.05, 4.69) is 4.98 Å². The third-order valence-electron chi connectivity index (χ3n) is 3.73. The molecule has 0 amide bonds. The van der Waals surface area contributed by atoms with Crippen LogP contribution in [0.4, 0.5) is 14.6 Å². The largest absolute Gasteiger partial charge is 0.496 e. The standard InChI is InChI=1S/C12H17BF2N2O2/c1-11(2)12(3,4)19-13(18-11)8-6-17-9(16)5-7(8)10(14)15/h5-6,10H,1-4H3,(H2,16,17). The van der Waals surface area contributed by atoms with Crippen molar-refractivity contribution in [1.82, 2.24) is 4.98 Å². The minimum atomic E-state index is -2.65. The average Bonchev–Trinajstić information content (AvgIpc) is 2.47. The van der Waals surface area contributed by atoms with E-state index in [1.807, 2.05) is 27.7 Å². The van der Waals surface area contributed by atoms with Crippen LogP contribution in [0.5, 0.6) is 0 Å². The van der Waals surface area contributed by atoms with E-state index in [1.165, 1.54) is 6.20 Å². The summed E-state index contributed by atoms with van der Waals surface area (Å²) in [4.78, 5) is 3.85. The van der Waals surface area contributed by atoms with Crippen LogP contribution in [0.1, 0.15) is 39.7 Å². The van der Waals surface area contributed by atoms with Crippen molar-refractivity contribution in [2.24, 2.45) is 0 Å². The quantitative estimate of drug-likeness (QED) is 0.834. The van der Waals surface area contributed by atoms with Crippen LogP contribution in [-0.4, -0.2) is 23.3 Å². The van der Waals surface area contributed by atoms with Crippen molar-refractivity contribution in [3.05, 3.63) is 17.8 Å². The lowest BCUT2D eigenvalue weighted by atomic mass is 9.77. The molecule has 0 bridgehead atoms. The molecule has 7 heteroatoms. The number of pyridine rings is 1. The monoisotopic (exact) mass is 270 g/mol. The molecule has 1 aliphatic heterocycles. The first-order valence-corrected chi connectivity index (χ1v) is 6.03. The summed E-state index contributed by atoms with van der Waals surface area (Å²) in [6, 6.07) is 1.16. The first kappa shape index (κ1) is 14.2. The lowest BCUT2D eigenvalue weighted by Gasteiger charge is -2.32. The Balaban J connectivity index is 2.39. The first-order chi connectivity index (χ1) is 8.64. The summed E-state index contributed by atoms with van der Waals surface area (Å²) < 4.78 is 37.6. The van der Waals surface area contributed by atoms with Gasteiger partial charge in [-0.3, -0.25) is 0 Å². The van der Waals surface area contributed by atoms with Crippen LogP contribution in [0, 0.1) is 0 Å². The number of nitrogen functional groups attached to an aromatic ring is 1. The van der Waals surface area contributed by atoms with Crippen molar-refractivity contribution in [2.45, 2.75) is 45.3 Å². The summed E-state index contributed by atoms with van der Waals surface area (Å²) in [5.41, 5.74) is 4.30. The fourth-order valence-corrected chi connectivity index (χ4v) is 1.85. The van der Waals surface area contributed by atoms with Crippen LogP contribution in [0.3, 0.4) is 0 Å². The molecule has 0 aromatic carbocycles. The maximum atomic E-state index is 13.1. The molecule has 1 aromatic heterocycles. The van der Waals surface area contributed by atoms with Gasteiger partial charge in [-0.05, 0) is 33.8 Å². The predicted molar refractivity (Wildman–Crippen MR) is 69.3 cm³/mol. The zero-order valence-corrected chi connectivity index (χ0v) is 11.4. The molecular formula is C12H17BF2N2O2. The highest BCUT2D eigenvalue weighted by atomic mass is 19.3. The van der Waals surface area contributed by atoms with Gasteiger partial charge in [0, 0.05) is 17.2 Å². The maximum absolute atomic E-state index is 13.1. The predicted octanol–water partition coefficient (Wildman–Crippen LogP) is 1.90. The van der Waals surface area contributed by atoms with Crippen molar-refractivity contribution < 1.29 is 18.1 Å². The minimum absolute atomic E-state index is 0.0515. The number of hydrogen-bond donors (Lipinski definition) is 1. The molecule has 1 saturated heterocycles. The van der Waals surface area contributed by atoms with E-state index < -0.39 is 24.7 Å². The molecule has 4 nitrogen and oxygen atoms in total. The molecule has 0 radical (unpaired) electrons. The number of alkyl halides is 2. The van der Waals surface area contributed by atoms with Crippen molar-refractivity contribution in [1.29, 1.82) is 0 Å². The second kappa shape index (κ2) is 4.42. The minimum Gasteiger partial charge on any atom is -0.399 e. The maximum Gasteiger partial charge on any atom is 0.496 e. The van der Waals surface area contributed by atoms with Crippen LogP contribution in [0.25, 0.3) is 0 Å². The second-order valence-corrected chi connectivity index (χ2v) is 5.63. The SMILES string of the molecule is CC1(C)OB(c2cnc(N)cc2C(F)F)OC1(C)C. The Labute approximate surface area is 111 Å². The first-order valence-electron chi connectivity index (χ1n) is 6.03. The third kappa shape index (κ3) is 2.44. The van der Waals surface area contributed by atoms with Crippen molar-refractivity contribution in [2.75, 3.05) is 5.73 Å². The normalized spacial score (nSPS) is 21.1. The molecule has 0 unspecified atom stereocenters. The number of nitrogens with two attached hydrogens (primary N) is 1. The topological polar surface area (TPSA) is 57.4 Å². The highest BCUT2D eigenvalue weighted by molar-refractivity contribution is 6.62. The van der Waals surface area contributed by atoms with E-state index in [9.17, 15) is 8.78 Å². The average molecular weight is 270 g/mol. The van der Waals surface area contributed by atoms with Crippen LogP contribution < -0.4 is 11.2 Å². The molecule has 0 aliphatic carbocycles. The number of rotatable bonds is 2. The van der Waals surface area contributed by atoms with Gasteiger partial charge in [0.25, 0.3) is 6.43 Å². The summed E-state index contributed by atoms with van der Waals surface area (Å²) in [6.45, 7) is 7.44. The van der Waals surface area contributed by atoms with Gasteiger partial charge in [0.2, 0.25) is 0 Å². The highest BCUT2D eigenvalue weighted by Crippen LogP contribution is 2.37. The van der Waals surface area contributed by atoms with Crippen molar-refractivity contribution in [3.8, 4) is 0 Å². The number of anilines is 1. The Morgan fingerprint density at radius 1 is 1.21 bits per heavy atom. The molecule has 2 heterocycles. The smallest absolute Gasteiger partial charge is 0.399 e. The third-order valence-corrected chi connectivity index (χ3v) is 3.73. The van der Waals surface area contributed by atoms with Crippen molar-refractivity contribution >= 4 is 18.4 Å². The van der Waals surface area contributed by atoms with E-state index in [1.54, 1.807) is 0 Å². The Kier molecular flexibility index (Phi) is 3.30. The lowest BCUT2D eigenvalue weighted by Crippen LogP contribution is -2.41. The van der Waals surface area contributed by atoms with Gasteiger partial charge < -0.3 is 15.0 Å². The number of nitrogens with zero attached hydrogens (tertiary/aromatic N) is 1. The van der Waals surface area contributed by atoms with Gasteiger partial charge in [-0.15, -0.1) is 0 Å². The Bertz CT molecular complexity index is 479. The van der Waals surface area contributed by atoms with Gasteiger partial charge in [0.1, 0.15) is 5.82 Å². The molecule has 1 fully saturated rings. The van der Waals surface area contributed by atoms with Gasteiger partial charge in [-0.1, -0.05) is 0 Å². The molecule has 0 saturated carbocycles. The summed E-state index contributed by atoms with van der Waals surface area (Å²) in [5.74, 6) is 0.0515. The number of hydrogen-bond acceptors (Lipinski definition) is 4. The fourth-order valence-electron chi connectivity index (χ4n) is 1.85. The number of aromatic nitrogens is 1. The van der Waals surface area contributed by atoms with Gasteiger partial charge in [0.05, 0.1) is 11.2 Å². The zero-order valence-electron chi connectivity index (χ0n) is 11.4. The highest BCUT2D eigenvalue weighted by Gasteiger charge is 2.52. The summed E-state index contributed by atoms with van der Waals surface area (Å²) >= 11 is 0.